The third-order valence-electron chi connectivity index (χ3n) is 6.25. The third-order valence-corrected chi connectivity index (χ3v) is 6.25. The third kappa shape index (κ3) is 8.41. The Labute approximate surface area is 233 Å². The predicted octanol–water partition coefficient (Wildman–Crippen LogP) is 9.19. The Morgan fingerprint density at radius 3 is 1.33 bits per heavy atom. The van der Waals surface area contributed by atoms with E-state index in [1.165, 1.54) is 5.56 Å². The van der Waals surface area contributed by atoms with Gasteiger partial charge in [0.15, 0.2) is 0 Å². The Morgan fingerprint density at radius 1 is 0.513 bits per heavy atom. The molecule has 4 nitrogen and oxygen atoms in total. The molecule has 0 saturated heterocycles. The molecule has 4 aromatic carbocycles. The molecule has 0 aromatic heterocycles. The molecule has 0 heterocycles. The number of aromatic hydroxyl groups is 2. The first-order valence-electron chi connectivity index (χ1n) is 13.2. The summed E-state index contributed by atoms with van der Waals surface area (Å²) in [4.78, 5) is 8.79. The first-order valence-corrected chi connectivity index (χ1v) is 13.2. The zero-order chi connectivity index (χ0) is 28.6. The maximum Gasteiger partial charge on any atom is 0.128 e. The number of phenolic OH excluding ortho intramolecular Hbond substituents is 2. The maximum atomic E-state index is 10.4. The van der Waals surface area contributed by atoms with Gasteiger partial charge >= 0.3 is 0 Å². The van der Waals surface area contributed by atoms with Crippen LogP contribution in [0.1, 0.15) is 69.4 Å². The Bertz CT molecular complexity index is 1420. The molecule has 4 rings (SSSR count). The van der Waals surface area contributed by atoms with E-state index in [1.54, 1.807) is 12.4 Å². The number of nitrogens with zero attached hydrogens (tertiary/aromatic N) is 2. The van der Waals surface area contributed by atoms with Crippen molar-refractivity contribution in [2.45, 2.75) is 59.3 Å². The van der Waals surface area contributed by atoms with Gasteiger partial charge in [0, 0.05) is 23.6 Å². The van der Waals surface area contributed by atoms with Crippen LogP contribution in [0.5, 0.6) is 11.5 Å². The van der Waals surface area contributed by atoms with Crippen molar-refractivity contribution in [1.29, 1.82) is 0 Å². The minimum absolute atomic E-state index is 0.0827. The number of hydrogen-bond donors (Lipinski definition) is 2. The summed E-state index contributed by atoms with van der Waals surface area (Å²) in [6.07, 6.45) is 3.43. The number of aryl methyl sites for hydroxylation is 1. The molecule has 0 saturated carbocycles. The van der Waals surface area contributed by atoms with Crippen LogP contribution in [-0.4, -0.2) is 22.6 Å². The van der Waals surface area contributed by atoms with E-state index in [2.05, 4.69) is 51.5 Å². The highest BCUT2D eigenvalue weighted by Gasteiger charge is 2.20. The van der Waals surface area contributed by atoms with Gasteiger partial charge in [-0.3, -0.25) is 9.98 Å². The van der Waals surface area contributed by atoms with E-state index in [1.807, 2.05) is 97.9 Å². The number of para-hydroxylation sites is 3. The molecule has 0 aliphatic heterocycles. The van der Waals surface area contributed by atoms with Crippen LogP contribution in [0.15, 0.2) is 101 Å². The van der Waals surface area contributed by atoms with E-state index in [4.69, 9.17) is 0 Å². The fourth-order valence-electron chi connectivity index (χ4n) is 3.97. The largest absolute Gasteiger partial charge is 0.507 e. The van der Waals surface area contributed by atoms with Gasteiger partial charge in [0.2, 0.25) is 0 Å². The molecule has 202 valence electrons. The van der Waals surface area contributed by atoms with Crippen molar-refractivity contribution in [3.63, 3.8) is 0 Å². The van der Waals surface area contributed by atoms with Gasteiger partial charge in [-0.05, 0) is 65.3 Å². The molecule has 0 fully saturated rings. The molecule has 0 bridgehead atoms. The van der Waals surface area contributed by atoms with Crippen LogP contribution in [0.25, 0.3) is 0 Å². The first kappa shape index (κ1) is 29.4. The normalized spacial score (nSPS) is 12.0. The summed E-state index contributed by atoms with van der Waals surface area (Å²) in [5.74, 6) is 0.630. The second kappa shape index (κ2) is 12.6. The summed E-state index contributed by atoms with van der Waals surface area (Å²) < 4.78 is 0. The molecule has 0 unspecified atom stereocenters. The molecular formula is C35H40N2O2. The molecule has 0 radical (unpaired) electrons. The van der Waals surface area contributed by atoms with Crippen molar-refractivity contribution in [3.8, 4) is 11.5 Å². The highest BCUT2D eigenvalue weighted by molar-refractivity contribution is 5.86. The van der Waals surface area contributed by atoms with Gasteiger partial charge in [-0.1, -0.05) is 102 Å². The first-order chi connectivity index (χ1) is 18.4. The summed E-state index contributed by atoms with van der Waals surface area (Å²) in [6, 6.07) is 29.3. The van der Waals surface area contributed by atoms with E-state index in [0.717, 1.165) is 33.6 Å². The van der Waals surface area contributed by atoms with Gasteiger partial charge in [-0.15, -0.1) is 0 Å². The Balaban J connectivity index is 0.000000216. The van der Waals surface area contributed by atoms with Crippen molar-refractivity contribution in [2.75, 3.05) is 0 Å². The number of phenols is 2. The molecule has 0 amide bonds. The number of hydrogen-bond acceptors (Lipinski definition) is 4. The highest BCUT2D eigenvalue weighted by atomic mass is 16.3. The molecule has 4 heteroatoms. The van der Waals surface area contributed by atoms with Gasteiger partial charge in [-0.25, -0.2) is 0 Å². The fraction of sp³-hybridized carbons (Fsp3) is 0.257. The molecule has 4 aromatic rings. The molecule has 0 spiro atoms. The molecule has 2 N–H and O–H groups in total. The maximum absolute atomic E-state index is 10.4. The van der Waals surface area contributed by atoms with Gasteiger partial charge in [0.25, 0.3) is 0 Å². The average Bonchev–Trinajstić information content (AvgIpc) is 2.88. The van der Waals surface area contributed by atoms with E-state index < -0.39 is 0 Å². The number of aliphatic imine (C=N–C) groups is 2. The highest BCUT2D eigenvalue weighted by Crippen LogP contribution is 2.33. The molecule has 0 aliphatic carbocycles. The molecule has 0 aliphatic rings. The summed E-state index contributed by atoms with van der Waals surface area (Å²) in [5, 5.41) is 20.7. The molecule has 39 heavy (non-hydrogen) atoms. The lowest BCUT2D eigenvalue weighted by Gasteiger charge is -2.21. The standard InChI is InChI=1S/C18H21NO.C17H19NO/c1-13-8-10-15(11-9-13)19-12-14-6-5-7-16(17(14)20)18(2,3)4;1-17(2,3)15-11-7-8-13(16(15)19)12-18-14-9-5-4-6-10-14/h5-12,20H,1-4H3;4-12,19H,1-3H3. The molecular weight excluding hydrogens is 480 g/mol. The van der Waals surface area contributed by atoms with Gasteiger partial charge in [-0.2, -0.15) is 0 Å². The quantitative estimate of drug-likeness (QED) is 0.263. The van der Waals surface area contributed by atoms with Crippen LogP contribution in [0, 0.1) is 6.92 Å². The zero-order valence-corrected chi connectivity index (χ0v) is 24.1. The predicted molar refractivity (Wildman–Crippen MR) is 166 cm³/mol. The van der Waals surface area contributed by atoms with Crippen LogP contribution < -0.4 is 0 Å². The minimum atomic E-state index is -0.0855. The van der Waals surface area contributed by atoms with Crippen molar-refractivity contribution in [1.82, 2.24) is 0 Å². The lowest BCUT2D eigenvalue weighted by molar-refractivity contribution is 0.445. The number of benzene rings is 4. The lowest BCUT2D eigenvalue weighted by Crippen LogP contribution is -2.11. The Morgan fingerprint density at radius 2 is 0.923 bits per heavy atom. The van der Waals surface area contributed by atoms with Crippen LogP contribution in [0.4, 0.5) is 11.4 Å². The lowest BCUT2D eigenvalue weighted by atomic mass is 9.85. The van der Waals surface area contributed by atoms with E-state index >= 15 is 0 Å². The summed E-state index contributed by atoms with van der Waals surface area (Å²) in [6.45, 7) is 14.6. The van der Waals surface area contributed by atoms with Crippen LogP contribution in [-0.2, 0) is 10.8 Å². The summed E-state index contributed by atoms with van der Waals surface area (Å²) in [7, 11) is 0. The SMILES string of the molecule is CC(C)(C)c1cccc(C=Nc2ccccc2)c1O.Cc1ccc(N=Cc2cccc(C(C)(C)C)c2O)cc1. The smallest absolute Gasteiger partial charge is 0.128 e. The monoisotopic (exact) mass is 520 g/mol. The van der Waals surface area contributed by atoms with E-state index in [9.17, 15) is 10.2 Å². The molecule has 0 atom stereocenters. The van der Waals surface area contributed by atoms with Crippen molar-refractivity contribution in [3.05, 3.63) is 119 Å². The van der Waals surface area contributed by atoms with Gasteiger partial charge in [0.05, 0.1) is 11.4 Å². The van der Waals surface area contributed by atoms with Gasteiger partial charge in [0.1, 0.15) is 11.5 Å². The van der Waals surface area contributed by atoms with E-state index in [-0.39, 0.29) is 10.8 Å². The van der Waals surface area contributed by atoms with Crippen LogP contribution in [0.3, 0.4) is 0 Å². The van der Waals surface area contributed by atoms with Crippen molar-refractivity contribution in [2.24, 2.45) is 9.98 Å². The van der Waals surface area contributed by atoms with Crippen LogP contribution in [0.2, 0.25) is 0 Å². The van der Waals surface area contributed by atoms with E-state index in [0.29, 0.717) is 11.5 Å². The minimum Gasteiger partial charge on any atom is -0.507 e. The van der Waals surface area contributed by atoms with Gasteiger partial charge < -0.3 is 10.2 Å². The average molecular weight is 521 g/mol. The summed E-state index contributed by atoms with van der Waals surface area (Å²) in [5.41, 5.74) is 6.17. The fourth-order valence-corrected chi connectivity index (χ4v) is 3.97. The van der Waals surface area contributed by atoms with Crippen molar-refractivity contribution < 1.29 is 10.2 Å². The summed E-state index contributed by atoms with van der Waals surface area (Å²) >= 11 is 0. The van der Waals surface area contributed by atoms with Crippen LogP contribution >= 0.6 is 0 Å². The Hall–Kier alpha value is -4.18. The Kier molecular flexibility index (Phi) is 9.47. The topological polar surface area (TPSA) is 65.2 Å². The second-order valence-corrected chi connectivity index (χ2v) is 11.7. The second-order valence-electron chi connectivity index (χ2n) is 11.7. The van der Waals surface area contributed by atoms with Crippen molar-refractivity contribution >= 4 is 23.8 Å². The zero-order valence-electron chi connectivity index (χ0n) is 24.1. The number of rotatable bonds is 4.